The molecule has 1 saturated carbocycles. The third kappa shape index (κ3) is 3.01. The molecule has 7 heteroatoms. The molecule has 3 N–H and O–H groups in total. The smallest absolute Gasteiger partial charge is 0.241 e. The first-order valence-electron chi connectivity index (χ1n) is 9.81. The zero-order valence-corrected chi connectivity index (χ0v) is 17.6. The minimum absolute atomic E-state index is 0.0490. The van der Waals surface area contributed by atoms with E-state index in [1.54, 1.807) is 7.11 Å². The number of benzene rings is 2. The van der Waals surface area contributed by atoms with Gasteiger partial charge in [-0.15, -0.1) is 0 Å². The number of amidine groups is 1. The maximum absolute atomic E-state index is 13.6. The lowest BCUT2D eigenvalue weighted by molar-refractivity contribution is -0.136. The Bertz CT molecular complexity index is 1040. The summed E-state index contributed by atoms with van der Waals surface area (Å²) < 4.78 is 5.27. The highest BCUT2D eigenvalue weighted by molar-refractivity contribution is 7.80. The van der Waals surface area contributed by atoms with Crippen LogP contribution in [0.2, 0.25) is 0 Å². The molecule has 2 aromatic rings. The lowest BCUT2D eigenvalue weighted by atomic mass is 9.51. The molecular formula is C23H23N3O3S. The van der Waals surface area contributed by atoms with Crippen molar-refractivity contribution < 1.29 is 14.3 Å². The average molecular weight is 422 g/mol. The average Bonchev–Trinajstić information content (AvgIpc) is 2.74. The van der Waals surface area contributed by atoms with Gasteiger partial charge in [0, 0.05) is 24.2 Å². The minimum atomic E-state index is -1.23. The molecule has 0 bridgehead atoms. The molecular weight excluding hydrogens is 398 g/mol. The van der Waals surface area contributed by atoms with E-state index in [1.807, 2.05) is 61.5 Å². The molecule has 4 rings (SSSR count). The highest BCUT2D eigenvalue weighted by Crippen LogP contribution is 2.57. The molecule has 1 amide bonds. The molecule has 2 aliphatic rings. The van der Waals surface area contributed by atoms with Crippen molar-refractivity contribution in [3.63, 3.8) is 0 Å². The van der Waals surface area contributed by atoms with E-state index in [1.165, 1.54) is 0 Å². The Kier molecular flexibility index (Phi) is 5.15. The van der Waals surface area contributed by atoms with Crippen LogP contribution in [0, 0.1) is 11.3 Å². The molecule has 1 aliphatic heterocycles. The van der Waals surface area contributed by atoms with Gasteiger partial charge in [-0.3, -0.25) is 9.59 Å². The normalized spacial score (nSPS) is 28.8. The summed E-state index contributed by atoms with van der Waals surface area (Å²) in [5.74, 6) is -0.738. The monoisotopic (exact) mass is 421 g/mol. The van der Waals surface area contributed by atoms with E-state index in [9.17, 15) is 9.59 Å². The fraction of sp³-hybridized carbons (Fsp3) is 0.304. The summed E-state index contributed by atoms with van der Waals surface area (Å²) in [7, 11) is 1.59. The van der Waals surface area contributed by atoms with Crippen molar-refractivity contribution in [3.05, 3.63) is 65.7 Å². The molecule has 1 spiro atoms. The highest BCUT2D eigenvalue weighted by Gasteiger charge is 2.62. The summed E-state index contributed by atoms with van der Waals surface area (Å²) in [5, 5.41) is 2.77. The molecule has 1 heterocycles. The zero-order chi connectivity index (χ0) is 21.5. The van der Waals surface area contributed by atoms with Crippen molar-refractivity contribution in [1.29, 1.82) is 0 Å². The van der Waals surface area contributed by atoms with E-state index < -0.39 is 23.2 Å². The predicted molar refractivity (Wildman–Crippen MR) is 119 cm³/mol. The molecule has 1 aliphatic carbocycles. The molecule has 0 radical (unpaired) electrons. The van der Waals surface area contributed by atoms with E-state index in [0.717, 1.165) is 11.1 Å². The number of nitrogens with one attached hydrogen (secondary N) is 1. The molecule has 4 atom stereocenters. The lowest BCUT2D eigenvalue weighted by Crippen LogP contribution is -2.64. The van der Waals surface area contributed by atoms with Crippen LogP contribution < -0.4 is 15.8 Å². The number of carbonyl (C=O) groups is 2. The lowest BCUT2D eigenvalue weighted by Gasteiger charge is -2.51. The maximum Gasteiger partial charge on any atom is 0.241 e. The SMILES string of the molecule is COc1ccc(C2CC(=O)[C@H](C)[C@@H](c3ccccc3)C23C(=O)NC(=S)N=C3N)cc1. The van der Waals surface area contributed by atoms with E-state index in [2.05, 4.69) is 10.3 Å². The molecule has 2 unspecified atom stereocenters. The Morgan fingerprint density at radius 3 is 2.37 bits per heavy atom. The van der Waals surface area contributed by atoms with Crippen LogP contribution in [0.25, 0.3) is 0 Å². The van der Waals surface area contributed by atoms with Crippen molar-refractivity contribution in [2.75, 3.05) is 7.11 Å². The van der Waals surface area contributed by atoms with Crippen molar-refractivity contribution in [1.82, 2.24) is 5.32 Å². The number of ketones is 1. The Hall–Kier alpha value is -3.06. The summed E-state index contributed by atoms with van der Waals surface area (Å²) in [6.45, 7) is 1.86. The highest BCUT2D eigenvalue weighted by atomic mass is 32.1. The van der Waals surface area contributed by atoms with Gasteiger partial charge in [0.1, 0.15) is 22.8 Å². The molecule has 30 heavy (non-hydrogen) atoms. The zero-order valence-electron chi connectivity index (χ0n) is 16.8. The number of methoxy groups -OCH3 is 1. The van der Waals surface area contributed by atoms with Gasteiger partial charge in [0.2, 0.25) is 11.0 Å². The Morgan fingerprint density at radius 1 is 1.10 bits per heavy atom. The largest absolute Gasteiger partial charge is 0.497 e. The number of thiocarbonyl (C=S) groups is 1. The van der Waals surface area contributed by atoms with E-state index in [-0.39, 0.29) is 29.1 Å². The number of rotatable bonds is 3. The van der Waals surface area contributed by atoms with Gasteiger partial charge in [-0.25, -0.2) is 4.99 Å². The number of amides is 1. The van der Waals surface area contributed by atoms with Crippen LogP contribution in [-0.2, 0) is 9.59 Å². The molecule has 2 aromatic carbocycles. The van der Waals surface area contributed by atoms with E-state index >= 15 is 0 Å². The van der Waals surface area contributed by atoms with Crippen LogP contribution in [0.5, 0.6) is 5.75 Å². The second-order valence-corrected chi connectivity index (χ2v) is 8.19. The summed E-state index contributed by atoms with van der Waals surface area (Å²) in [5.41, 5.74) is 6.98. The first-order chi connectivity index (χ1) is 14.4. The first-order valence-corrected chi connectivity index (χ1v) is 10.2. The topological polar surface area (TPSA) is 93.8 Å². The fourth-order valence-electron chi connectivity index (χ4n) is 4.96. The van der Waals surface area contributed by atoms with Crippen LogP contribution in [-0.4, -0.2) is 29.7 Å². The van der Waals surface area contributed by atoms with Gasteiger partial charge in [-0.1, -0.05) is 49.4 Å². The second-order valence-electron chi connectivity index (χ2n) is 7.80. The maximum atomic E-state index is 13.6. The number of Topliss-reactive ketones (excluding diaryl/α,β-unsaturated/α-hetero) is 1. The Balaban J connectivity index is 1.98. The quantitative estimate of drug-likeness (QED) is 0.744. The van der Waals surface area contributed by atoms with Gasteiger partial charge in [-0.2, -0.15) is 0 Å². The first kappa shape index (κ1) is 20.2. The summed E-state index contributed by atoms with van der Waals surface area (Å²) in [6, 6.07) is 17.0. The third-order valence-corrected chi connectivity index (χ3v) is 6.57. The fourth-order valence-corrected chi connectivity index (χ4v) is 5.15. The summed E-state index contributed by atoms with van der Waals surface area (Å²) >= 11 is 5.13. The minimum Gasteiger partial charge on any atom is -0.497 e. The predicted octanol–water partition coefficient (Wildman–Crippen LogP) is 2.93. The summed E-state index contributed by atoms with van der Waals surface area (Å²) in [4.78, 5) is 31.1. The Labute approximate surface area is 180 Å². The number of hydrogen-bond acceptors (Lipinski definition) is 5. The molecule has 1 fully saturated rings. The van der Waals surface area contributed by atoms with Gasteiger partial charge >= 0.3 is 0 Å². The summed E-state index contributed by atoms with van der Waals surface area (Å²) in [6.07, 6.45) is 0.188. The van der Waals surface area contributed by atoms with E-state index in [4.69, 9.17) is 22.7 Å². The molecule has 6 nitrogen and oxygen atoms in total. The van der Waals surface area contributed by atoms with Gasteiger partial charge < -0.3 is 15.8 Å². The van der Waals surface area contributed by atoms with Crippen LogP contribution >= 0.6 is 12.2 Å². The molecule has 154 valence electrons. The van der Waals surface area contributed by atoms with Crippen LogP contribution in [0.4, 0.5) is 0 Å². The van der Waals surface area contributed by atoms with Crippen molar-refractivity contribution in [2.24, 2.45) is 22.1 Å². The second kappa shape index (κ2) is 7.65. The molecule has 0 saturated heterocycles. The van der Waals surface area contributed by atoms with Crippen LogP contribution in [0.15, 0.2) is 59.6 Å². The standard InChI is InChI=1S/C23H23N3O3S/c1-13-18(27)12-17(14-8-10-16(29-2)11-9-14)23(19(13)15-6-4-3-5-7-15)20(24)25-22(30)26-21(23)28/h3-11,13,17,19H,12H2,1-2H3,(H3,24,25,26,28,30)/t13-,17?,19-,23?/m0/s1. The van der Waals surface area contributed by atoms with Crippen molar-refractivity contribution >= 4 is 34.9 Å². The number of aliphatic imine (C=N–C) groups is 1. The van der Waals surface area contributed by atoms with Gasteiger partial charge in [-0.05, 0) is 35.5 Å². The van der Waals surface area contributed by atoms with Crippen LogP contribution in [0.3, 0.4) is 0 Å². The van der Waals surface area contributed by atoms with Gasteiger partial charge in [0.05, 0.1) is 7.11 Å². The molecule has 0 aromatic heterocycles. The number of ether oxygens (including phenoxy) is 1. The van der Waals surface area contributed by atoms with Gasteiger partial charge in [0.25, 0.3) is 0 Å². The van der Waals surface area contributed by atoms with E-state index in [0.29, 0.717) is 5.75 Å². The van der Waals surface area contributed by atoms with Crippen LogP contribution in [0.1, 0.15) is 36.3 Å². The number of nitrogens with two attached hydrogens (primary N) is 1. The number of carbonyl (C=O) groups excluding carboxylic acids is 2. The third-order valence-electron chi connectivity index (χ3n) is 6.37. The van der Waals surface area contributed by atoms with Crippen molar-refractivity contribution in [3.8, 4) is 5.75 Å². The Morgan fingerprint density at radius 2 is 1.77 bits per heavy atom. The van der Waals surface area contributed by atoms with Gasteiger partial charge in [0.15, 0.2) is 0 Å². The number of hydrogen-bond donors (Lipinski definition) is 2. The van der Waals surface area contributed by atoms with Crippen molar-refractivity contribution in [2.45, 2.75) is 25.2 Å². The number of nitrogens with zero attached hydrogens (tertiary/aromatic N) is 1.